The van der Waals surface area contributed by atoms with Gasteiger partial charge in [0.05, 0.1) is 17.5 Å². The SMILES string of the molecule is Cc1cc(C(=O)CSc2nnnn2-c2ccc(O)cc2)c(C)n1CC1CCCO1. The predicted octanol–water partition coefficient (Wildman–Crippen LogP) is 2.94. The Morgan fingerprint density at radius 2 is 2.10 bits per heavy atom. The molecule has 1 saturated heterocycles. The lowest BCUT2D eigenvalue weighted by atomic mass is 10.2. The van der Waals surface area contributed by atoms with Gasteiger partial charge in [0, 0.05) is 30.1 Å². The fourth-order valence-corrected chi connectivity index (χ4v) is 4.36. The summed E-state index contributed by atoms with van der Waals surface area (Å²) in [5, 5.41) is 21.7. The Morgan fingerprint density at radius 1 is 1.31 bits per heavy atom. The summed E-state index contributed by atoms with van der Waals surface area (Å²) in [5.41, 5.74) is 3.50. The maximum Gasteiger partial charge on any atom is 0.214 e. The molecule has 152 valence electrons. The molecule has 1 aromatic carbocycles. The van der Waals surface area contributed by atoms with Gasteiger partial charge in [-0.05, 0) is 67.4 Å². The molecule has 2 aromatic heterocycles. The van der Waals surface area contributed by atoms with Gasteiger partial charge in [-0.15, -0.1) is 5.10 Å². The number of phenolic OH excluding ortho intramolecular Hbond substituents is 1. The van der Waals surface area contributed by atoms with E-state index in [9.17, 15) is 9.90 Å². The molecule has 0 spiro atoms. The zero-order valence-electron chi connectivity index (χ0n) is 16.4. The van der Waals surface area contributed by atoms with Crippen LogP contribution in [0, 0.1) is 13.8 Å². The zero-order valence-corrected chi connectivity index (χ0v) is 17.2. The normalized spacial score (nSPS) is 16.4. The van der Waals surface area contributed by atoms with Crippen molar-refractivity contribution in [1.82, 2.24) is 24.8 Å². The van der Waals surface area contributed by atoms with Gasteiger partial charge in [-0.25, -0.2) is 0 Å². The standard InChI is InChI=1S/C20H23N5O3S/c1-13-10-18(14(2)24(13)11-17-4-3-9-28-17)19(27)12-29-20-21-22-23-25(20)15-5-7-16(26)8-6-15/h5-8,10,17,26H,3-4,9,11-12H2,1-2H3. The number of thioether (sulfide) groups is 1. The van der Waals surface area contributed by atoms with Crippen molar-refractivity contribution in [2.75, 3.05) is 12.4 Å². The number of tetrazole rings is 1. The summed E-state index contributed by atoms with van der Waals surface area (Å²) in [6.07, 6.45) is 2.39. The average molecular weight is 414 g/mol. The third kappa shape index (κ3) is 4.20. The number of hydrogen-bond acceptors (Lipinski definition) is 7. The van der Waals surface area contributed by atoms with Crippen LogP contribution in [0.2, 0.25) is 0 Å². The van der Waals surface area contributed by atoms with E-state index in [-0.39, 0.29) is 23.4 Å². The number of carbonyl (C=O) groups excluding carboxylic acids is 1. The Labute approximate surface area is 172 Å². The molecule has 3 heterocycles. The maximum absolute atomic E-state index is 12.9. The highest BCUT2D eigenvalue weighted by atomic mass is 32.2. The van der Waals surface area contributed by atoms with E-state index < -0.39 is 0 Å². The van der Waals surface area contributed by atoms with Crippen LogP contribution in [0.4, 0.5) is 0 Å². The Morgan fingerprint density at radius 3 is 2.83 bits per heavy atom. The molecule has 0 aliphatic carbocycles. The number of rotatable bonds is 7. The van der Waals surface area contributed by atoms with E-state index in [1.54, 1.807) is 28.9 Å². The molecule has 0 amide bonds. The number of carbonyl (C=O) groups is 1. The number of benzene rings is 1. The number of aromatic hydroxyl groups is 1. The summed E-state index contributed by atoms with van der Waals surface area (Å²) in [7, 11) is 0. The van der Waals surface area contributed by atoms with Gasteiger partial charge in [0.2, 0.25) is 5.16 Å². The summed E-state index contributed by atoms with van der Waals surface area (Å²) in [5.74, 6) is 0.453. The van der Waals surface area contributed by atoms with E-state index in [0.717, 1.165) is 48.6 Å². The van der Waals surface area contributed by atoms with E-state index in [4.69, 9.17) is 4.74 Å². The molecular weight excluding hydrogens is 390 g/mol. The minimum atomic E-state index is 0.0435. The Balaban J connectivity index is 1.46. The maximum atomic E-state index is 12.9. The van der Waals surface area contributed by atoms with Gasteiger partial charge in [-0.2, -0.15) is 4.68 Å². The number of aromatic nitrogens is 5. The first-order chi connectivity index (χ1) is 14.0. The van der Waals surface area contributed by atoms with E-state index in [1.807, 2.05) is 19.9 Å². The quantitative estimate of drug-likeness (QED) is 0.470. The van der Waals surface area contributed by atoms with Gasteiger partial charge < -0.3 is 14.4 Å². The van der Waals surface area contributed by atoms with Gasteiger partial charge in [0.15, 0.2) is 5.78 Å². The van der Waals surface area contributed by atoms with Crippen LogP contribution in [0.15, 0.2) is 35.5 Å². The Hall–Kier alpha value is -2.65. The van der Waals surface area contributed by atoms with Crippen molar-refractivity contribution in [1.29, 1.82) is 0 Å². The highest BCUT2D eigenvalue weighted by molar-refractivity contribution is 7.99. The van der Waals surface area contributed by atoms with Gasteiger partial charge >= 0.3 is 0 Å². The second kappa shape index (κ2) is 8.38. The molecule has 3 aromatic rings. The predicted molar refractivity (Wildman–Crippen MR) is 109 cm³/mol. The molecular formula is C20H23N5O3S. The van der Waals surface area contributed by atoms with Crippen LogP contribution in [0.1, 0.15) is 34.6 Å². The number of phenols is 1. The second-order valence-electron chi connectivity index (χ2n) is 7.13. The van der Waals surface area contributed by atoms with Crippen molar-refractivity contribution >= 4 is 17.5 Å². The molecule has 1 unspecified atom stereocenters. The molecule has 1 aliphatic heterocycles. The molecule has 0 radical (unpaired) electrons. The van der Waals surface area contributed by atoms with Crippen LogP contribution >= 0.6 is 11.8 Å². The van der Waals surface area contributed by atoms with Crippen LogP contribution in [0.25, 0.3) is 5.69 Å². The fourth-order valence-electron chi connectivity index (χ4n) is 3.59. The third-order valence-electron chi connectivity index (χ3n) is 5.15. The van der Waals surface area contributed by atoms with Gasteiger partial charge in [0.1, 0.15) is 5.75 Å². The fraction of sp³-hybridized carbons (Fsp3) is 0.400. The van der Waals surface area contributed by atoms with Crippen LogP contribution in [0.3, 0.4) is 0 Å². The number of ether oxygens (including phenoxy) is 1. The second-order valence-corrected chi connectivity index (χ2v) is 8.07. The minimum absolute atomic E-state index is 0.0435. The largest absolute Gasteiger partial charge is 0.508 e. The van der Waals surface area contributed by atoms with Crippen LogP contribution < -0.4 is 0 Å². The first-order valence-electron chi connectivity index (χ1n) is 9.55. The lowest BCUT2D eigenvalue weighted by Crippen LogP contribution is -2.17. The van der Waals surface area contributed by atoms with Crippen LogP contribution in [-0.2, 0) is 11.3 Å². The number of ketones is 1. The Bertz CT molecular complexity index is 1010. The van der Waals surface area contributed by atoms with Crippen molar-refractivity contribution in [3.8, 4) is 11.4 Å². The summed E-state index contributed by atoms with van der Waals surface area (Å²) < 4.78 is 9.47. The average Bonchev–Trinajstić information content (AvgIpc) is 3.45. The zero-order chi connectivity index (χ0) is 20.4. The topological polar surface area (TPSA) is 95.1 Å². The monoisotopic (exact) mass is 413 g/mol. The molecule has 0 saturated carbocycles. The molecule has 4 rings (SSSR count). The number of Topliss-reactive ketones (excluding diaryl/α,β-unsaturated/α-hetero) is 1. The molecule has 9 heteroatoms. The van der Waals surface area contributed by atoms with Crippen LogP contribution in [-0.4, -0.2) is 54.1 Å². The van der Waals surface area contributed by atoms with Crippen molar-refractivity contribution in [2.45, 2.75) is 44.5 Å². The summed E-state index contributed by atoms with van der Waals surface area (Å²) >= 11 is 1.29. The summed E-state index contributed by atoms with van der Waals surface area (Å²) in [6, 6.07) is 8.53. The van der Waals surface area contributed by atoms with Crippen molar-refractivity contribution < 1.29 is 14.6 Å². The van der Waals surface area contributed by atoms with E-state index in [2.05, 4.69) is 20.1 Å². The lowest BCUT2D eigenvalue weighted by molar-refractivity contribution is 0.0957. The molecule has 1 N–H and O–H groups in total. The molecule has 8 nitrogen and oxygen atoms in total. The molecule has 0 bridgehead atoms. The van der Waals surface area contributed by atoms with Crippen molar-refractivity contribution in [2.24, 2.45) is 0 Å². The first-order valence-corrected chi connectivity index (χ1v) is 10.5. The van der Waals surface area contributed by atoms with Gasteiger partial charge in [-0.3, -0.25) is 4.79 Å². The highest BCUT2D eigenvalue weighted by Gasteiger charge is 2.21. The van der Waals surface area contributed by atoms with Gasteiger partial charge in [-0.1, -0.05) is 11.8 Å². The summed E-state index contributed by atoms with van der Waals surface area (Å²) in [6.45, 7) is 5.62. The lowest BCUT2D eigenvalue weighted by Gasteiger charge is -2.14. The van der Waals surface area contributed by atoms with E-state index >= 15 is 0 Å². The van der Waals surface area contributed by atoms with Crippen molar-refractivity contribution in [3.05, 3.63) is 47.3 Å². The number of aryl methyl sites for hydroxylation is 1. The Kier molecular flexibility index (Phi) is 5.68. The first kappa shape index (κ1) is 19.7. The summed E-state index contributed by atoms with van der Waals surface area (Å²) in [4.78, 5) is 12.9. The van der Waals surface area contributed by atoms with E-state index in [0.29, 0.717) is 5.16 Å². The van der Waals surface area contributed by atoms with E-state index in [1.165, 1.54) is 11.8 Å². The minimum Gasteiger partial charge on any atom is -0.508 e. The van der Waals surface area contributed by atoms with Crippen LogP contribution in [0.5, 0.6) is 5.75 Å². The number of hydrogen-bond donors (Lipinski definition) is 1. The molecule has 29 heavy (non-hydrogen) atoms. The van der Waals surface area contributed by atoms with Crippen molar-refractivity contribution in [3.63, 3.8) is 0 Å². The smallest absolute Gasteiger partial charge is 0.214 e. The molecule has 1 aliphatic rings. The number of nitrogens with zero attached hydrogens (tertiary/aromatic N) is 5. The molecule has 1 fully saturated rings. The molecule has 1 atom stereocenters. The highest BCUT2D eigenvalue weighted by Crippen LogP contribution is 2.24. The van der Waals surface area contributed by atoms with Gasteiger partial charge in [0.25, 0.3) is 0 Å². The third-order valence-corrected chi connectivity index (χ3v) is 6.07.